The lowest BCUT2D eigenvalue weighted by molar-refractivity contribution is -0.116. The zero-order valence-electron chi connectivity index (χ0n) is 16.0. The molecule has 0 heterocycles. The van der Waals surface area contributed by atoms with Gasteiger partial charge in [-0.3, -0.25) is 4.79 Å². The monoisotopic (exact) mass is 337 g/mol. The number of carbonyl (C=O) groups excluding carboxylic acids is 1. The maximum Gasteiger partial charge on any atom is 0.155 e. The Labute approximate surface area is 152 Å². The maximum atomic E-state index is 11.9. The zero-order valence-corrected chi connectivity index (χ0v) is 16.0. The summed E-state index contributed by atoms with van der Waals surface area (Å²) in [6, 6.07) is 2.66. The van der Waals surface area contributed by atoms with E-state index in [-0.39, 0.29) is 10.8 Å². The van der Waals surface area contributed by atoms with Crippen molar-refractivity contribution in [3.63, 3.8) is 0 Å². The van der Waals surface area contributed by atoms with E-state index in [9.17, 15) is 10.1 Å². The van der Waals surface area contributed by atoms with E-state index in [2.05, 4.69) is 33.4 Å². The summed E-state index contributed by atoms with van der Waals surface area (Å²) in [6.07, 6.45) is 9.46. The summed E-state index contributed by atoms with van der Waals surface area (Å²) in [6.45, 7) is 11.2. The molecule has 0 N–H and O–H groups in total. The summed E-state index contributed by atoms with van der Waals surface area (Å²) in [7, 11) is 0. The molecule has 0 radical (unpaired) electrons. The highest BCUT2D eigenvalue weighted by Crippen LogP contribution is 2.69. The standard InChI is InChI=1S/C23H31NO/c1-5-15-11-16-12-17(25)6-7-18(16)19-8-9-22(3)20(21(15)19)10-14(2)23(22,4)13-24/h12,15,18-21H,2,5-11H2,1,3-4H3/t15?,18-,19+,20-,21+,22-,23-/m0/s1. The van der Waals surface area contributed by atoms with E-state index in [1.54, 1.807) is 0 Å². The van der Waals surface area contributed by atoms with Crippen LogP contribution in [-0.2, 0) is 4.79 Å². The lowest BCUT2D eigenvalue weighted by Gasteiger charge is -2.57. The summed E-state index contributed by atoms with van der Waals surface area (Å²) in [4.78, 5) is 11.9. The van der Waals surface area contributed by atoms with Crippen molar-refractivity contribution >= 4 is 5.78 Å². The zero-order chi connectivity index (χ0) is 18.0. The summed E-state index contributed by atoms with van der Waals surface area (Å²) in [5.41, 5.74) is 2.31. The third kappa shape index (κ3) is 2.11. The summed E-state index contributed by atoms with van der Waals surface area (Å²) < 4.78 is 0. The molecule has 0 aromatic heterocycles. The number of hydrogen-bond donors (Lipinski definition) is 0. The lowest BCUT2D eigenvalue weighted by atomic mass is 9.46. The molecule has 0 amide bonds. The SMILES string of the molecule is C=C1C[C@H]2[C@@H]3C(CC)CC4=CC(=O)CC[C@@H]4[C@H]3CC[C@]2(C)[C@@]1(C)C#N. The molecule has 0 aliphatic heterocycles. The second-order valence-electron chi connectivity index (χ2n) is 9.55. The molecular formula is C23H31NO. The van der Waals surface area contributed by atoms with Crippen LogP contribution in [0.5, 0.6) is 0 Å². The van der Waals surface area contributed by atoms with Crippen molar-refractivity contribution < 1.29 is 4.79 Å². The molecule has 0 bridgehead atoms. The van der Waals surface area contributed by atoms with E-state index in [1.807, 2.05) is 6.08 Å². The van der Waals surface area contributed by atoms with E-state index >= 15 is 0 Å². The first kappa shape index (κ1) is 17.1. The van der Waals surface area contributed by atoms with Gasteiger partial charge in [0.05, 0.1) is 11.5 Å². The number of ketones is 1. The van der Waals surface area contributed by atoms with Crippen molar-refractivity contribution in [3.05, 3.63) is 23.8 Å². The number of rotatable bonds is 1. The molecule has 4 aliphatic rings. The number of carbonyl (C=O) groups is 1. The van der Waals surface area contributed by atoms with Gasteiger partial charge in [0.15, 0.2) is 5.78 Å². The van der Waals surface area contributed by atoms with Gasteiger partial charge in [-0.25, -0.2) is 0 Å². The van der Waals surface area contributed by atoms with Gasteiger partial charge in [-0.1, -0.05) is 38.0 Å². The van der Waals surface area contributed by atoms with Crippen LogP contribution in [0.2, 0.25) is 0 Å². The van der Waals surface area contributed by atoms with Crippen molar-refractivity contribution in [2.24, 2.45) is 40.4 Å². The Hall–Kier alpha value is -1.36. The van der Waals surface area contributed by atoms with Crippen LogP contribution in [0, 0.1) is 51.8 Å². The average molecular weight is 338 g/mol. The van der Waals surface area contributed by atoms with Crippen molar-refractivity contribution in [2.75, 3.05) is 0 Å². The van der Waals surface area contributed by atoms with Gasteiger partial charge >= 0.3 is 0 Å². The minimum absolute atomic E-state index is 0.0686. The van der Waals surface area contributed by atoms with Gasteiger partial charge in [0.2, 0.25) is 0 Å². The van der Waals surface area contributed by atoms with Crippen LogP contribution < -0.4 is 0 Å². The smallest absolute Gasteiger partial charge is 0.155 e. The minimum atomic E-state index is -0.375. The van der Waals surface area contributed by atoms with E-state index in [0.29, 0.717) is 35.4 Å². The van der Waals surface area contributed by atoms with Crippen LogP contribution in [0.15, 0.2) is 23.8 Å². The van der Waals surface area contributed by atoms with Crippen molar-refractivity contribution in [3.8, 4) is 6.07 Å². The van der Waals surface area contributed by atoms with Crippen LogP contribution in [0.3, 0.4) is 0 Å². The van der Waals surface area contributed by atoms with E-state index < -0.39 is 0 Å². The summed E-state index contributed by atoms with van der Waals surface area (Å²) >= 11 is 0. The van der Waals surface area contributed by atoms with Gasteiger partial charge in [0.25, 0.3) is 0 Å². The molecule has 7 atom stereocenters. The molecule has 2 nitrogen and oxygen atoms in total. The molecule has 0 saturated heterocycles. The Bertz CT molecular complexity index is 697. The summed E-state index contributed by atoms with van der Waals surface area (Å²) in [5.74, 6) is 3.63. The highest BCUT2D eigenvalue weighted by molar-refractivity contribution is 5.91. The number of fused-ring (bicyclic) bond motifs is 5. The molecule has 0 spiro atoms. The minimum Gasteiger partial charge on any atom is -0.295 e. The second kappa shape index (κ2) is 5.57. The number of allylic oxidation sites excluding steroid dienone is 2. The van der Waals surface area contributed by atoms with E-state index in [0.717, 1.165) is 37.7 Å². The van der Waals surface area contributed by atoms with Gasteiger partial charge in [-0.2, -0.15) is 5.26 Å². The quantitative estimate of drug-likeness (QED) is 0.596. The first-order chi connectivity index (χ1) is 11.9. The Morgan fingerprint density at radius 1 is 1.32 bits per heavy atom. The van der Waals surface area contributed by atoms with Crippen molar-refractivity contribution in [1.82, 2.24) is 0 Å². The van der Waals surface area contributed by atoms with Crippen LogP contribution in [0.25, 0.3) is 0 Å². The highest BCUT2D eigenvalue weighted by atomic mass is 16.1. The molecule has 25 heavy (non-hydrogen) atoms. The lowest BCUT2D eigenvalue weighted by Crippen LogP contribution is -2.51. The molecule has 4 aliphatic carbocycles. The summed E-state index contributed by atoms with van der Waals surface area (Å²) in [5, 5.41) is 9.98. The van der Waals surface area contributed by atoms with Crippen molar-refractivity contribution in [2.45, 2.75) is 65.7 Å². The fourth-order valence-corrected chi connectivity index (χ4v) is 7.20. The highest BCUT2D eigenvalue weighted by Gasteiger charge is 2.64. The number of nitriles is 1. The van der Waals surface area contributed by atoms with Crippen molar-refractivity contribution in [1.29, 1.82) is 5.26 Å². The predicted molar refractivity (Wildman–Crippen MR) is 99.5 cm³/mol. The third-order valence-electron chi connectivity index (χ3n) is 8.92. The number of hydrogen-bond acceptors (Lipinski definition) is 2. The van der Waals surface area contributed by atoms with Crippen LogP contribution in [-0.4, -0.2) is 5.78 Å². The predicted octanol–water partition coefficient (Wildman–Crippen LogP) is 5.46. The van der Waals surface area contributed by atoms with Crippen LogP contribution >= 0.6 is 0 Å². The number of nitrogens with zero attached hydrogens (tertiary/aromatic N) is 1. The molecule has 134 valence electrons. The Balaban J connectivity index is 1.75. The average Bonchev–Trinajstić information content (AvgIpc) is 2.81. The topological polar surface area (TPSA) is 40.9 Å². The molecule has 3 fully saturated rings. The fraction of sp³-hybridized carbons (Fsp3) is 0.739. The molecule has 4 rings (SSSR count). The molecule has 3 saturated carbocycles. The third-order valence-corrected chi connectivity index (χ3v) is 8.92. The Kier molecular flexibility index (Phi) is 3.80. The molecule has 1 unspecified atom stereocenters. The molecular weight excluding hydrogens is 306 g/mol. The van der Waals surface area contributed by atoms with E-state index in [1.165, 1.54) is 18.4 Å². The van der Waals surface area contributed by atoms with Gasteiger partial charge in [-0.05, 0) is 80.1 Å². The molecule has 2 heteroatoms. The Morgan fingerprint density at radius 3 is 2.76 bits per heavy atom. The van der Waals surface area contributed by atoms with Crippen LogP contribution in [0.4, 0.5) is 0 Å². The maximum absolute atomic E-state index is 11.9. The van der Waals surface area contributed by atoms with Crippen LogP contribution in [0.1, 0.15) is 65.7 Å². The van der Waals surface area contributed by atoms with Gasteiger partial charge in [-0.15, -0.1) is 0 Å². The first-order valence-electron chi connectivity index (χ1n) is 10.2. The van der Waals surface area contributed by atoms with Gasteiger partial charge < -0.3 is 0 Å². The largest absolute Gasteiger partial charge is 0.295 e. The first-order valence-corrected chi connectivity index (χ1v) is 10.2. The second-order valence-corrected chi connectivity index (χ2v) is 9.55. The van der Waals surface area contributed by atoms with Gasteiger partial charge in [0, 0.05) is 6.42 Å². The molecule has 0 aromatic carbocycles. The fourth-order valence-electron chi connectivity index (χ4n) is 7.20. The van der Waals surface area contributed by atoms with Gasteiger partial charge in [0.1, 0.15) is 0 Å². The normalized spacial score (nSPS) is 48.9. The van der Waals surface area contributed by atoms with E-state index in [4.69, 9.17) is 0 Å². The molecule has 0 aromatic rings. The Morgan fingerprint density at radius 2 is 2.08 bits per heavy atom.